The molecule has 2 aromatic carbocycles. The maximum atomic E-state index is 11.2. The summed E-state index contributed by atoms with van der Waals surface area (Å²) in [4.78, 5) is 11.2. The Morgan fingerprint density at radius 3 is 2.10 bits per heavy atom. The van der Waals surface area contributed by atoms with Crippen molar-refractivity contribution in [3.8, 4) is 0 Å². The van der Waals surface area contributed by atoms with Gasteiger partial charge in [0.25, 0.3) is 0 Å². The molecule has 0 bridgehead atoms. The first-order valence-corrected chi connectivity index (χ1v) is 7.44. The van der Waals surface area contributed by atoms with Crippen LogP contribution in [0.2, 0.25) is 0 Å². The number of rotatable bonds is 7. The van der Waals surface area contributed by atoms with Gasteiger partial charge >= 0.3 is 0 Å². The van der Waals surface area contributed by atoms with Gasteiger partial charge in [-0.15, -0.1) is 0 Å². The summed E-state index contributed by atoms with van der Waals surface area (Å²) in [5, 5.41) is 0. The average molecular weight is 282 g/mol. The van der Waals surface area contributed by atoms with Gasteiger partial charge in [-0.05, 0) is 23.6 Å². The molecule has 0 saturated heterocycles. The summed E-state index contributed by atoms with van der Waals surface area (Å²) in [6, 6.07) is 18.7. The summed E-state index contributed by atoms with van der Waals surface area (Å²) in [5.41, 5.74) is 3.57. The fourth-order valence-electron chi connectivity index (χ4n) is 2.42. The van der Waals surface area contributed by atoms with Crippen molar-refractivity contribution < 1.29 is 9.53 Å². The monoisotopic (exact) mass is 282 g/mol. The molecule has 2 heteroatoms. The zero-order valence-electron chi connectivity index (χ0n) is 12.7. The van der Waals surface area contributed by atoms with Crippen LogP contribution in [0.15, 0.2) is 54.6 Å². The molecule has 2 unspecified atom stereocenters. The lowest BCUT2D eigenvalue weighted by atomic mass is 9.91. The van der Waals surface area contributed by atoms with Crippen molar-refractivity contribution in [3.63, 3.8) is 0 Å². The zero-order chi connectivity index (χ0) is 15.1. The highest BCUT2D eigenvalue weighted by atomic mass is 16.5. The van der Waals surface area contributed by atoms with Gasteiger partial charge < -0.3 is 9.53 Å². The van der Waals surface area contributed by atoms with Crippen molar-refractivity contribution in [1.29, 1.82) is 0 Å². The SMILES string of the molecule is CCOCC(C=O)c1ccc(C(C)c2ccccc2)cc1. The Hall–Kier alpha value is -1.93. The smallest absolute Gasteiger partial charge is 0.129 e. The normalized spacial score (nSPS) is 13.6. The minimum Gasteiger partial charge on any atom is -0.381 e. The van der Waals surface area contributed by atoms with Crippen molar-refractivity contribution in [2.45, 2.75) is 25.7 Å². The Labute approximate surface area is 126 Å². The first-order valence-electron chi connectivity index (χ1n) is 7.44. The first-order chi connectivity index (χ1) is 10.3. The van der Waals surface area contributed by atoms with E-state index in [1.54, 1.807) is 0 Å². The molecule has 0 aliphatic heterocycles. The van der Waals surface area contributed by atoms with E-state index >= 15 is 0 Å². The highest BCUT2D eigenvalue weighted by Gasteiger charge is 2.12. The highest BCUT2D eigenvalue weighted by Crippen LogP contribution is 2.25. The predicted octanol–water partition coefficient (Wildman–Crippen LogP) is 4.16. The largest absolute Gasteiger partial charge is 0.381 e. The topological polar surface area (TPSA) is 26.3 Å². The fraction of sp³-hybridized carbons (Fsp3) is 0.316. The van der Waals surface area contributed by atoms with Gasteiger partial charge in [-0.1, -0.05) is 61.5 Å². The van der Waals surface area contributed by atoms with Crippen LogP contribution in [0.3, 0.4) is 0 Å². The Morgan fingerprint density at radius 1 is 0.952 bits per heavy atom. The van der Waals surface area contributed by atoms with Crippen LogP contribution in [0.5, 0.6) is 0 Å². The number of benzene rings is 2. The number of aldehydes is 1. The number of hydrogen-bond donors (Lipinski definition) is 0. The molecule has 0 amide bonds. The molecule has 0 radical (unpaired) electrons. The van der Waals surface area contributed by atoms with E-state index in [4.69, 9.17) is 4.74 Å². The van der Waals surface area contributed by atoms with E-state index in [-0.39, 0.29) is 5.92 Å². The predicted molar refractivity (Wildman–Crippen MR) is 85.7 cm³/mol. The maximum absolute atomic E-state index is 11.2. The first kappa shape index (κ1) is 15.5. The Kier molecular flexibility index (Phi) is 5.70. The van der Waals surface area contributed by atoms with Crippen LogP contribution in [0, 0.1) is 0 Å². The molecule has 110 valence electrons. The van der Waals surface area contributed by atoms with E-state index in [9.17, 15) is 4.79 Å². The molecule has 0 aliphatic rings. The van der Waals surface area contributed by atoms with Gasteiger partial charge in [-0.3, -0.25) is 0 Å². The molecule has 0 aromatic heterocycles. The summed E-state index contributed by atoms with van der Waals surface area (Å²) in [5.74, 6) is 0.174. The van der Waals surface area contributed by atoms with E-state index in [0.717, 1.165) is 11.8 Å². The lowest BCUT2D eigenvalue weighted by Crippen LogP contribution is -2.09. The molecule has 0 heterocycles. The van der Waals surface area contributed by atoms with Crippen molar-refractivity contribution in [2.75, 3.05) is 13.2 Å². The second-order valence-corrected chi connectivity index (χ2v) is 5.20. The zero-order valence-corrected chi connectivity index (χ0v) is 12.7. The van der Waals surface area contributed by atoms with Gasteiger partial charge in [0.1, 0.15) is 6.29 Å². The molecule has 0 aliphatic carbocycles. The van der Waals surface area contributed by atoms with Crippen LogP contribution in [-0.4, -0.2) is 19.5 Å². The summed E-state index contributed by atoms with van der Waals surface area (Å²) >= 11 is 0. The summed E-state index contributed by atoms with van der Waals surface area (Å²) in [6.07, 6.45) is 0.964. The lowest BCUT2D eigenvalue weighted by molar-refractivity contribution is -0.110. The van der Waals surface area contributed by atoms with E-state index in [1.807, 2.05) is 25.1 Å². The Bertz CT molecular complexity index is 546. The molecule has 2 nitrogen and oxygen atoms in total. The quantitative estimate of drug-likeness (QED) is 0.713. The third-order valence-electron chi connectivity index (χ3n) is 3.83. The highest BCUT2D eigenvalue weighted by molar-refractivity contribution is 5.62. The summed E-state index contributed by atoms with van der Waals surface area (Å²) in [7, 11) is 0. The number of carbonyl (C=O) groups excluding carboxylic acids is 1. The van der Waals surface area contributed by atoms with E-state index < -0.39 is 0 Å². The third-order valence-corrected chi connectivity index (χ3v) is 3.83. The number of ether oxygens (including phenoxy) is 1. The van der Waals surface area contributed by atoms with Gasteiger partial charge in [0.05, 0.1) is 12.5 Å². The second-order valence-electron chi connectivity index (χ2n) is 5.20. The third kappa shape index (κ3) is 4.02. The number of carbonyl (C=O) groups is 1. The van der Waals surface area contributed by atoms with Crippen LogP contribution in [0.1, 0.15) is 42.4 Å². The molecule has 2 atom stereocenters. The minimum atomic E-state index is -0.175. The van der Waals surface area contributed by atoms with E-state index in [1.165, 1.54) is 11.1 Å². The second kappa shape index (κ2) is 7.75. The van der Waals surface area contributed by atoms with Crippen LogP contribution in [-0.2, 0) is 9.53 Å². The molecule has 0 saturated carbocycles. The van der Waals surface area contributed by atoms with Gasteiger partial charge in [0.2, 0.25) is 0 Å². The molecule has 21 heavy (non-hydrogen) atoms. The van der Waals surface area contributed by atoms with Gasteiger partial charge in [-0.2, -0.15) is 0 Å². The Balaban J connectivity index is 2.13. The van der Waals surface area contributed by atoms with Crippen LogP contribution >= 0.6 is 0 Å². The van der Waals surface area contributed by atoms with Crippen LogP contribution in [0.4, 0.5) is 0 Å². The molecule has 0 fully saturated rings. The molecule has 0 N–H and O–H groups in total. The minimum absolute atomic E-state index is 0.175. The van der Waals surface area contributed by atoms with E-state index in [0.29, 0.717) is 19.1 Å². The van der Waals surface area contributed by atoms with Crippen molar-refractivity contribution in [1.82, 2.24) is 0 Å². The summed E-state index contributed by atoms with van der Waals surface area (Å²) in [6.45, 7) is 5.22. The maximum Gasteiger partial charge on any atom is 0.129 e. The van der Waals surface area contributed by atoms with Crippen LogP contribution < -0.4 is 0 Å². The van der Waals surface area contributed by atoms with Crippen molar-refractivity contribution >= 4 is 6.29 Å². The summed E-state index contributed by atoms with van der Waals surface area (Å²) < 4.78 is 5.36. The number of hydrogen-bond acceptors (Lipinski definition) is 2. The molecule has 2 aromatic rings. The Morgan fingerprint density at radius 2 is 1.52 bits per heavy atom. The molecule has 2 rings (SSSR count). The van der Waals surface area contributed by atoms with Crippen molar-refractivity contribution in [3.05, 3.63) is 71.3 Å². The van der Waals surface area contributed by atoms with E-state index in [2.05, 4.69) is 43.3 Å². The van der Waals surface area contributed by atoms with Crippen molar-refractivity contribution in [2.24, 2.45) is 0 Å². The lowest BCUT2D eigenvalue weighted by Gasteiger charge is -2.15. The molecular formula is C19H22O2. The molecular weight excluding hydrogens is 260 g/mol. The van der Waals surface area contributed by atoms with Gasteiger partial charge in [-0.25, -0.2) is 0 Å². The molecule has 0 spiro atoms. The fourth-order valence-corrected chi connectivity index (χ4v) is 2.42. The van der Waals surface area contributed by atoms with Crippen LogP contribution in [0.25, 0.3) is 0 Å². The average Bonchev–Trinajstić information content (AvgIpc) is 2.56. The van der Waals surface area contributed by atoms with Gasteiger partial charge in [0.15, 0.2) is 0 Å². The standard InChI is InChI=1S/C19H22O2/c1-3-21-14-19(13-20)18-11-9-17(10-12-18)15(2)16-7-5-4-6-8-16/h4-13,15,19H,3,14H2,1-2H3. The van der Waals surface area contributed by atoms with Gasteiger partial charge in [0, 0.05) is 12.5 Å².